The van der Waals surface area contributed by atoms with Crippen molar-refractivity contribution in [2.75, 3.05) is 13.7 Å². The molecule has 0 unspecified atom stereocenters. The number of fused-ring (bicyclic) bond motifs is 1. The first kappa shape index (κ1) is 19.2. The molecule has 1 aliphatic carbocycles. The van der Waals surface area contributed by atoms with Crippen LogP contribution in [0.1, 0.15) is 63.6 Å². The number of aryl methyl sites for hydroxylation is 1. The number of hydrogen-bond acceptors (Lipinski definition) is 4. The van der Waals surface area contributed by atoms with Crippen LogP contribution in [0.4, 0.5) is 0 Å². The standard InChI is InChI=1S/C22H27NO4/c1-13-6-7-17(26-5)15(10-13)8-9-23-21(25)20-14(2)19-16(24)11-22(3,4)12-18(19)27-20/h6-7,10H,8-9,11-12H2,1-5H3,(H,23,25). The summed E-state index contributed by atoms with van der Waals surface area (Å²) in [5, 5.41) is 2.90. The second-order valence-electron chi connectivity index (χ2n) is 8.12. The second-order valence-corrected chi connectivity index (χ2v) is 8.12. The predicted molar refractivity (Wildman–Crippen MR) is 104 cm³/mol. The Hall–Kier alpha value is -2.56. The normalized spacial score (nSPS) is 15.4. The topological polar surface area (TPSA) is 68.5 Å². The molecule has 5 nitrogen and oxygen atoms in total. The van der Waals surface area contributed by atoms with E-state index in [4.69, 9.17) is 9.15 Å². The van der Waals surface area contributed by atoms with Crippen molar-refractivity contribution in [3.8, 4) is 5.75 Å². The van der Waals surface area contributed by atoms with E-state index in [1.165, 1.54) is 0 Å². The number of furan rings is 1. The highest BCUT2D eigenvalue weighted by atomic mass is 16.5. The van der Waals surface area contributed by atoms with Gasteiger partial charge < -0.3 is 14.5 Å². The van der Waals surface area contributed by atoms with E-state index < -0.39 is 0 Å². The molecule has 27 heavy (non-hydrogen) atoms. The number of nitrogens with one attached hydrogen (secondary N) is 1. The molecule has 0 spiro atoms. The second kappa shape index (κ2) is 7.22. The summed E-state index contributed by atoms with van der Waals surface area (Å²) < 4.78 is 11.2. The third-order valence-electron chi connectivity index (χ3n) is 5.10. The van der Waals surface area contributed by atoms with E-state index in [0.717, 1.165) is 16.9 Å². The Morgan fingerprint density at radius 1 is 1.26 bits per heavy atom. The summed E-state index contributed by atoms with van der Waals surface area (Å²) in [6.45, 7) is 8.36. The van der Waals surface area contributed by atoms with Crippen molar-refractivity contribution in [2.45, 2.75) is 47.0 Å². The molecule has 1 aromatic carbocycles. The van der Waals surface area contributed by atoms with E-state index in [9.17, 15) is 9.59 Å². The Kier molecular flexibility index (Phi) is 5.13. The number of ether oxygens (including phenoxy) is 1. The van der Waals surface area contributed by atoms with Crippen LogP contribution in [0.15, 0.2) is 22.6 Å². The van der Waals surface area contributed by atoms with Crippen LogP contribution < -0.4 is 10.1 Å². The molecule has 0 saturated carbocycles. The molecule has 3 rings (SSSR count). The first-order valence-electron chi connectivity index (χ1n) is 9.29. The van der Waals surface area contributed by atoms with Crippen LogP contribution in [0.3, 0.4) is 0 Å². The first-order valence-corrected chi connectivity index (χ1v) is 9.29. The van der Waals surface area contributed by atoms with Gasteiger partial charge in [-0.2, -0.15) is 0 Å². The third-order valence-corrected chi connectivity index (χ3v) is 5.10. The maximum atomic E-state index is 12.6. The molecular weight excluding hydrogens is 342 g/mol. The summed E-state index contributed by atoms with van der Waals surface area (Å²) in [4.78, 5) is 25.1. The average Bonchev–Trinajstić information content (AvgIpc) is 2.90. The van der Waals surface area contributed by atoms with Gasteiger partial charge in [-0.3, -0.25) is 9.59 Å². The summed E-state index contributed by atoms with van der Waals surface area (Å²) >= 11 is 0. The third kappa shape index (κ3) is 3.92. The predicted octanol–water partition coefficient (Wildman–Crippen LogP) is 4.03. The number of hydrogen-bond donors (Lipinski definition) is 1. The summed E-state index contributed by atoms with van der Waals surface area (Å²) in [7, 11) is 1.64. The smallest absolute Gasteiger partial charge is 0.287 e. The molecule has 1 amide bonds. The fourth-order valence-corrected chi connectivity index (χ4v) is 3.79. The first-order chi connectivity index (χ1) is 12.7. The van der Waals surface area contributed by atoms with Crippen LogP contribution in [0, 0.1) is 19.3 Å². The van der Waals surface area contributed by atoms with Crippen LogP contribution in [0.2, 0.25) is 0 Å². The van der Waals surface area contributed by atoms with E-state index in [1.807, 2.05) is 32.9 Å². The Bertz CT molecular complexity index is 892. The zero-order valence-electron chi connectivity index (χ0n) is 16.7. The van der Waals surface area contributed by atoms with Gasteiger partial charge in [0.25, 0.3) is 5.91 Å². The lowest BCUT2D eigenvalue weighted by molar-refractivity contribution is 0.0889. The van der Waals surface area contributed by atoms with Gasteiger partial charge >= 0.3 is 0 Å². The van der Waals surface area contributed by atoms with Crippen molar-refractivity contribution in [1.82, 2.24) is 5.32 Å². The maximum Gasteiger partial charge on any atom is 0.287 e. The minimum Gasteiger partial charge on any atom is -0.496 e. The van der Waals surface area contributed by atoms with Gasteiger partial charge in [0.1, 0.15) is 11.5 Å². The fraction of sp³-hybridized carbons (Fsp3) is 0.455. The molecule has 144 valence electrons. The van der Waals surface area contributed by atoms with Crippen molar-refractivity contribution in [3.63, 3.8) is 0 Å². The van der Waals surface area contributed by atoms with E-state index in [0.29, 0.717) is 42.7 Å². The van der Waals surface area contributed by atoms with E-state index >= 15 is 0 Å². The summed E-state index contributed by atoms with van der Waals surface area (Å²) in [6, 6.07) is 5.99. The minimum atomic E-state index is -0.279. The van der Waals surface area contributed by atoms with Gasteiger partial charge in [0.05, 0.1) is 12.7 Å². The lowest BCUT2D eigenvalue weighted by atomic mass is 9.76. The number of carbonyl (C=O) groups excluding carboxylic acids is 2. The fourth-order valence-electron chi connectivity index (χ4n) is 3.79. The Morgan fingerprint density at radius 3 is 2.70 bits per heavy atom. The van der Waals surface area contributed by atoms with Crippen LogP contribution in [-0.2, 0) is 12.8 Å². The number of rotatable bonds is 5. The van der Waals surface area contributed by atoms with Gasteiger partial charge in [0, 0.05) is 24.9 Å². The molecule has 1 heterocycles. The van der Waals surface area contributed by atoms with E-state index in [2.05, 4.69) is 11.4 Å². The minimum absolute atomic E-state index is 0.0612. The van der Waals surface area contributed by atoms with Gasteiger partial charge in [0.2, 0.25) is 0 Å². The Labute approximate surface area is 160 Å². The monoisotopic (exact) mass is 369 g/mol. The lowest BCUT2D eigenvalue weighted by Gasteiger charge is -2.27. The zero-order valence-corrected chi connectivity index (χ0v) is 16.7. The highest BCUT2D eigenvalue weighted by Crippen LogP contribution is 2.38. The largest absolute Gasteiger partial charge is 0.496 e. The molecular formula is C22H27NO4. The number of carbonyl (C=O) groups is 2. The van der Waals surface area contributed by atoms with Gasteiger partial charge in [-0.1, -0.05) is 31.5 Å². The number of methoxy groups -OCH3 is 1. The molecule has 0 saturated heterocycles. The van der Waals surface area contributed by atoms with E-state index in [-0.39, 0.29) is 22.9 Å². The van der Waals surface area contributed by atoms with Crippen LogP contribution in [-0.4, -0.2) is 25.3 Å². The quantitative estimate of drug-likeness (QED) is 0.864. The highest BCUT2D eigenvalue weighted by Gasteiger charge is 2.36. The van der Waals surface area contributed by atoms with Crippen LogP contribution >= 0.6 is 0 Å². The molecule has 0 fully saturated rings. The Morgan fingerprint density at radius 2 is 2.00 bits per heavy atom. The van der Waals surface area contributed by atoms with Crippen molar-refractivity contribution in [3.05, 3.63) is 52.0 Å². The molecule has 1 aliphatic rings. The average molecular weight is 369 g/mol. The van der Waals surface area contributed by atoms with Crippen LogP contribution in [0.5, 0.6) is 5.75 Å². The van der Waals surface area contributed by atoms with Crippen molar-refractivity contribution >= 4 is 11.7 Å². The molecule has 2 aromatic rings. The molecule has 1 N–H and O–H groups in total. The molecule has 1 aromatic heterocycles. The number of ketones is 1. The van der Waals surface area contributed by atoms with Gasteiger partial charge in [-0.05, 0) is 37.3 Å². The summed E-state index contributed by atoms with van der Waals surface area (Å²) in [5.41, 5.74) is 3.30. The SMILES string of the molecule is COc1ccc(C)cc1CCNC(=O)c1oc2c(c1C)C(=O)CC(C)(C)C2. The van der Waals surface area contributed by atoms with Crippen LogP contribution in [0.25, 0.3) is 0 Å². The van der Waals surface area contributed by atoms with Crippen molar-refractivity contribution in [1.29, 1.82) is 0 Å². The number of amides is 1. The van der Waals surface area contributed by atoms with Gasteiger partial charge in [0.15, 0.2) is 11.5 Å². The van der Waals surface area contributed by atoms with E-state index in [1.54, 1.807) is 14.0 Å². The molecule has 0 aliphatic heterocycles. The van der Waals surface area contributed by atoms with Gasteiger partial charge in [-0.25, -0.2) is 0 Å². The molecule has 0 radical (unpaired) electrons. The molecule has 5 heteroatoms. The highest BCUT2D eigenvalue weighted by molar-refractivity contribution is 6.03. The zero-order chi connectivity index (χ0) is 19.8. The summed E-state index contributed by atoms with van der Waals surface area (Å²) in [6.07, 6.45) is 1.80. The van der Waals surface area contributed by atoms with Gasteiger partial charge in [-0.15, -0.1) is 0 Å². The number of Topliss-reactive ketones (excluding diaryl/α,β-unsaturated/α-hetero) is 1. The lowest BCUT2D eigenvalue weighted by Crippen LogP contribution is -2.26. The molecule has 0 atom stereocenters. The maximum absolute atomic E-state index is 12.6. The molecule has 0 bridgehead atoms. The Balaban J connectivity index is 1.71. The number of benzene rings is 1. The summed E-state index contributed by atoms with van der Waals surface area (Å²) in [5.74, 6) is 1.49. The van der Waals surface area contributed by atoms with Crippen molar-refractivity contribution < 1.29 is 18.7 Å². The van der Waals surface area contributed by atoms with Crippen molar-refractivity contribution in [2.24, 2.45) is 5.41 Å².